The van der Waals surface area contributed by atoms with Gasteiger partial charge in [0.05, 0.1) is 29.2 Å². The first kappa shape index (κ1) is 42.2. The number of aromatic nitrogens is 2. The van der Waals surface area contributed by atoms with Gasteiger partial charge in [-0.3, -0.25) is 14.8 Å². The number of H-pyrrole nitrogens is 2. The molecular weight excluding hydrogens is 739 g/mol. The minimum absolute atomic E-state index is 0.00473. The standard InChI is InChI=1S/C45H61N5O8/c1-9-11-12-13-16-56-26(8)38-25(7)32-18-31-23(5)28(14-15-36(51)50-58-45-43(54)41(52)42(53)44(55)57-45)39(48-31)29-17-21(3)37-24(6)33(49-40(29)37)19-34-27(10-2)22(4)30(46-34)20-35(38)47-32/h18,20,23,26,28,34,41-45,47,49,52-55H,3,9-17,19H2,1-2,4-8H3,(H,50,51)/b32-18-,35-20-,39-29?/t23-,26?,28-,34?,41-,42+,43+,44-,45-/m0/s1. The molecule has 7 rings (SSSR count). The van der Waals surface area contributed by atoms with E-state index in [-0.39, 0.29) is 30.4 Å². The van der Waals surface area contributed by atoms with Crippen molar-refractivity contribution < 1.29 is 39.5 Å². The fraction of sp³-hybridized carbons (Fsp3) is 0.578. The van der Waals surface area contributed by atoms with Gasteiger partial charge in [0.1, 0.15) is 18.3 Å². The smallest absolute Gasteiger partial charge is 0.243 e. The molecule has 1 amide bonds. The molecule has 1 fully saturated rings. The number of carbonyl (C=O) groups is 1. The zero-order valence-corrected chi connectivity index (χ0v) is 34.9. The number of aliphatic hydroxyl groups excluding tert-OH is 4. The molecule has 6 heterocycles. The van der Waals surface area contributed by atoms with Gasteiger partial charge in [0.25, 0.3) is 0 Å². The van der Waals surface area contributed by atoms with Gasteiger partial charge >= 0.3 is 0 Å². The van der Waals surface area contributed by atoms with E-state index < -0.39 is 36.8 Å². The van der Waals surface area contributed by atoms with Gasteiger partial charge in [-0.2, -0.15) is 0 Å². The Morgan fingerprint density at radius 1 is 1.03 bits per heavy atom. The van der Waals surface area contributed by atoms with E-state index in [4.69, 9.17) is 24.3 Å². The van der Waals surface area contributed by atoms with Gasteiger partial charge in [-0.1, -0.05) is 46.6 Å². The quantitative estimate of drug-likeness (QED) is 0.114. The number of aliphatic hydroxyl groups is 4. The largest absolute Gasteiger partial charge is 0.387 e. The van der Waals surface area contributed by atoms with Crippen molar-refractivity contribution >= 4 is 40.6 Å². The summed E-state index contributed by atoms with van der Waals surface area (Å²) in [7, 11) is 0. The predicted octanol–water partition coefficient (Wildman–Crippen LogP) is 4.40. The Bertz CT molecular complexity index is 2190. The van der Waals surface area contributed by atoms with Gasteiger partial charge in [0, 0.05) is 76.5 Å². The number of carbonyl (C=O) groups excluding carboxylic acids is 1. The molecule has 7 N–H and O–H groups in total. The van der Waals surface area contributed by atoms with E-state index in [1.165, 1.54) is 29.6 Å². The minimum Gasteiger partial charge on any atom is -0.387 e. The van der Waals surface area contributed by atoms with Crippen LogP contribution in [0.2, 0.25) is 0 Å². The zero-order valence-electron chi connectivity index (χ0n) is 34.9. The maximum Gasteiger partial charge on any atom is 0.243 e. The first-order valence-corrected chi connectivity index (χ1v) is 21.1. The number of hydrogen-bond donors (Lipinski definition) is 7. The van der Waals surface area contributed by atoms with Crippen molar-refractivity contribution in [1.82, 2.24) is 15.4 Å². The van der Waals surface area contributed by atoms with E-state index in [2.05, 4.69) is 82.6 Å². The second kappa shape index (κ2) is 17.3. The molecule has 5 aliphatic rings. The van der Waals surface area contributed by atoms with E-state index in [0.717, 1.165) is 92.7 Å². The number of allylic oxidation sites excluding steroid dienone is 4. The average Bonchev–Trinajstić information content (AvgIpc) is 3.95. The molecule has 2 unspecified atom stereocenters. The number of aliphatic imine (C=N–C) groups is 2. The lowest BCUT2D eigenvalue weighted by atomic mass is 9.85. The maximum absolute atomic E-state index is 13.2. The molecule has 314 valence electrons. The number of hydrogen-bond acceptors (Lipinski definition) is 10. The lowest BCUT2D eigenvalue weighted by Crippen LogP contribution is -2.59. The molecule has 2 aromatic rings. The molecule has 1 aliphatic carbocycles. The molecular formula is C45H61N5O8. The molecule has 9 atom stereocenters. The van der Waals surface area contributed by atoms with Crippen LogP contribution >= 0.6 is 0 Å². The summed E-state index contributed by atoms with van der Waals surface area (Å²) in [4.78, 5) is 36.8. The molecule has 4 aliphatic heterocycles. The number of hydroxylamine groups is 1. The maximum atomic E-state index is 13.2. The molecule has 13 nitrogen and oxygen atoms in total. The van der Waals surface area contributed by atoms with Crippen LogP contribution in [0.5, 0.6) is 0 Å². The van der Waals surface area contributed by atoms with Gasteiger partial charge in [-0.05, 0) is 87.0 Å². The lowest BCUT2D eigenvalue weighted by Gasteiger charge is -2.37. The topological polar surface area (TPSA) is 194 Å². The summed E-state index contributed by atoms with van der Waals surface area (Å²) in [6.45, 7) is 20.4. The van der Waals surface area contributed by atoms with Gasteiger partial charge in [0.15, 0.2) is 6.29 Å². The van der Waals surface area contributed by atoms with Crippen molar-refractivity contribution in [2.45, 2.75) is 149 Å². The Morgan fingerprint density at radius 3 is 2.55 bits per heavy atom. The first-order chi connectivity index (χ1) is 27.7. The average molecular weight is 800 g/mol. The van der Waals surface area contributed by atoms with Crippen LogP contribution in [0.25, 0.3) is 23.3 Å². The number of rotatable bonds is 13. The van der Waals surface area contributed by atoms with Crippen LogP contribution in [-0.4, -0.2) is 91.3 Å². The van der Waals surface area contributed by atoms with E-state index in [0.29, 0.717) is 19.4 Å². The Kier molecular flexibility index (Phi) is 12.6. The number of nitrogens with zero attached hydrogens (tertiary/aromatic N) is 2. The molecule has 0 radical (unpaired) electrons. The van der Waals surface area contributed by atoms with Crippen LogP contribution in [0.4, 0.5) is 0 Å². The third-order valence-corrected chi connectivity index (χ3v) is 12.9. The van der Waals surface area contributed by atoms with Gasteiger partial charge in [0.2, 0.25) is 12.2 Å². The van der Waals surface area contributed by atoms with Crippen LogP contribution in [0, 0.1) is 25.7 Å². The zero-order chi connectivity index (χ0) is 41.6. The van der Waals surface area contributed by atoms with Crippen molar-refractivity contribution in [3.63, 3.8) is 0 Å². The third kappa shape index (κ3) is 7.90. The summed E-state index contributed by atoms with van der Waals surface area (Å²) < 4.78 is 11.6. The Hall–Kier alpha value is -3.95. The fourth-order valence-corrected chi connectivity index (χ4v) is 9.48. The van der Waals surface area contributed by atoms with E-state index in [9.17, 15) is 25.2 Å². The minimum atomic E-state index is -1.79. The molecule has 0 spiro atoms. The van der Waals surface area contributed by atoms with Crippen molar-refractivity contribution in [1.29, 1.82) is 0 Å². The van der Waals surface area contributed by atoms with Gasteiger partial charge < -0.3 is 39.9 Å². The van der Waals surface area contributed by atoms with Crippen LogP contribution in [0.1, 0.15) is 126 Å². The highest BCUT2D eigenvalue weighted by Crippen LogP contribution is 2.49. The van der Waals surface area contributed by atoms with Gasteiger partial charge in [-0.15, -0.1) is 0 Å². The molecule has 0 saturated carbocycles. The summed E-state index contributed by atoms with van der Waals surface area (Å²) in [5, 5.41) is 42.0. The molecule has 13 heteroatoms. The van der Waals surface area contributed by atoms with Crippen molar-refractivity contribution in [3.8, 4) is 0 Å². The fourth-order valence-electron chi connectivity index (χ4n) is 9.48. The molecule has 1 saturated heterocycles. The van der Waals surface area contributed by atoms with E-state index in [1.807, 2.05) is 0 Å². The Labute approximate surface area is 340 Å². The second-order valence-corrected chi connectivity index (χ2v) is 16.7. The molecule has 0 aromatic carbocycles. The second-order valence-electron chi connectivity index (χ2n) is 16.7. The van der Waals surface area contributed by atoms with Crippen molar-refractivity contribution in [3.05, 3.63) is 67.8 Å². The normalized spacial score (nSPS) is 29.6. The summed E-state index contributed by atoms with van der Waals surface area (Å²) in [5.41, 5.74) is 16.5. The van der Waals surface area contributed by atoms with Crippen molar-refractivity contribution in [2.75, 3.05) is 6.61 Å². The molecule has 2 aromatic heterocycles. The molecule has 58 heavy (non-hydrogen) atoms. The number of aromatic amines is 2. The number of ether oxygens (including phenoxy) is 2. The predicted molar refractivity (Wildman–Crippen MR) is 224 cm³/mol. The monoisotopic (exact) mass is 799 g/mol. The Balaban J connectivity index is 1.26. The Morgan fingerprint density at radius 2 is 1.81 bits per heavy atom. The highest BCUT2D eigenvalue weighted by molar-refractivity contribution is 6.22. The SMILES string of the molecule is C=C1CC2=C3N=C(/C=c4\[nH]/c(c(C(C)OCCCCCC)c4C)=C\C4=NC(Cc5[nH]c2c1c5C)C(CC)=C4C)[C@@H](C)[C@@H]3CCC(=O)NO[C@@H]1O[C@H](O)[C@H](O)[C@H](O)[C@H]1O. The number of fused-ring (bicyclic) bond motifs is 5. The summed E-state index contributed by atoms with van der Waals surface area (Å²) in [6.07, 6.45) is 3.03. The van der Waals surface area contributed by atoms with Crippen molar-refractivity contribution in [2.24, 2.45) is 21.8 Å². The summed E-state index contributed by atoms with van der Waals surface area (Å²) in [5.74, 6) is -0.666. The number of unbranched alkanes of at least 4 members (excludes halogenated alkanes) is 3. The van der Waals surface area contributed by atoms with Crippen LogP contribution in [0.3, 0.4) is 0 Å². The van der Waals surface area contributed by atoms with E-state index >= 15 is 0 Å². The number of amides is 1. The van der Waals surface area contributed by atoms with Gasteiger partial charge in [-0.25, -0.2) is 10.3 Å². The third-order valence-electron chi connectivity index (χ3n) is 12.9. The highest BCUT2D eigenvalue weighted by Gasteiger charge is 2.44. The van der Waals surface area contributed by atoms with Crippen LogP contribution in [-0.2, 0) is 25.5 Å². The van der Waals surface area contributed by atoms with Crippen LogP contribution < -0.4 is 16.2 Å². The van der Waals surface area contributed by atoms with E-state index in [1.54, 1.807) is 0 Å². The molecule has 8 bridgehead atoms. The summed E-state index contributed by atoms with van der Waals surface area (Å²) in [6, 6.07) is 0.00473. The first-order valence-electron chi connectivity index (χ1n) is 21.1. The summed E-state index contributed by atoms with van der Waals surface area (Å²) >= 11 is 0. The number of nitrogens with one attached hydrogen (secondary N) is 3. The lowest BCUT2D eigenvalue weighted by molar-refractivity contribution is -0.349. The van der Waals surface area contributed by atoms with Crippen LogP contribution in [0.15, 0.2) is 33.4 Å². The highest BCUT2D eigenvalue weighted by atomic mass is 16.8.